The van der Waals surface area contributed by atoms with E-state index in [2.05, 4.69) is 19.9 Å². The van der Waals surface area contributed by atoms with Crippen LogP contribution in [0.2, 0.25) is 0 Å². The van der Waals surface area contributed by atoms with E-state index in [-0.39, 0.29) is 12.1 Å². The average molecular weight is 244 g/mol. The number of methoxy groups -OCH3 is 1. The van der Waals surface area contributed by atoms with Gasteiger partial charge in [-0.15, -0.1) is 0 Å². The van der Waals surface area contributed by atoms with Crippen LogP contribution < -0.4 is 5.32 Å². The summed E-state index contributed by atoms with van der Waals surface area (Å²) in [6, 6.07) is 4.27. The van der Waals surface area contributed by atoms with E-state index in [4.69, 9.17) is 4.74 Å². The third-order valence-corrected chi connectivity index (χ3v) is 3.41. The third-order valence-electron chi connectivity index (χ3n) is 3.41. The minimum absolute atomic E-state index is 0.189. The van der Waals surface area contributed by atoms with Gasteiger partial charge >= 0.3 is 0 Å². The molecule has 1 aliphatic rings. The lowest BCUT2D eigenvalue weighted by Gasteiger charge is -2.20. The van der Waals surface area contributed by atoms with E-state index < -0.39 is 0 Å². The highest BCUT2D eigenvalue weighted by atomic mass is 16.5. The van der Waals surface area contributed by atoms with Crippen LogP contribution in [0, 0.1) is 0 Å². The molecular weight excluding hydrogens is 228 g/mol. The largest absolute Gasteiger partial charge is 0.378 e. The van der Waals surface area contributed by atoms with Gasteiger partial charge in [-0.1, -0.05) is 0 Å². The number of imidazole rings is 1. The van der Waals surface area contributed by atoms with Crippen LogP contribution in [0.25, 0.3) is 11.3 Å². The number of nitrogens with zero attached hydrogens (tertiary/aromatic N) is 3. The minimum Gasteiger partial charge on any atom is -0.378 e. The van der Waals surface area contributed by atoms with Gasteiger partial charge in [-0.3, -0.25) is 4.98 Å². The van der Waals surface area contributed by atoms with Crippen molar-refractivity contribution in [3.63, 3.8) is 0 Å². The molecule has 2 atom stereocenters. The monoisotopic (exact) mass is 244 g/mol. The zero-order valence-electron chi connectivity index (χ0n) is 10.3. The molecule has 3 heterocycles. The van der Waals surface area contributed by atoms with E-state index in [1.54, 1.807) is 13.3 Å². The molecule has 0 aliphatic carbocycles. The Morgan fingerprint density at radius 3 is 3.06 bits per heavy atom. The van der Waals surface area contributed by atoms with Crippen LogP contribution in [0.3, 0.4) is 0 Å². The molecule has 3 rings (SSSR count). The minimum atomic E-state index is 0.189. The number of rotatable bonds is 3. The van der Waals surface area contributed by atoms with E-state index in [0.29, 0.717) is 0 Å². The quantitative estimate of drug-likeness (QED) is 0.878. The topological polar surface area (TPSA) is 52.0 Å². The summed E-state index contributed by atoms with van der Waals surface area (Å²) in [5.74, 6) is 0. The highest BCUT2D eigenvalue weighted by Crippen LogP contribution is 2.26. The Morgan fingerprint density at radius 1 is 1.33 bits per heavy atom. The molecule has 1 aliphatic heterocycles. The van der Waals surface area contributed by atoms with Crippen molar-refractivity contribution in [2.45, 2.75) is 12.1 Å². The van der Waals surface area contributed by atoms with Crippen molar-refractivity contribution in [1.82, 2.24) is 19.9 Å². The van der Waals surface area contributed by atoms with Gasteiger partial charge in [0.1, 0.15) is 0 Å². The van der Waals surface area contributed by atoms with Gasteiger partial charge < -0.3 is 14.6 Å². The Morgan fingerprint density at radius 2 is 2.28 bits per heavy atom. The van der Waals surface area contributed by atoms with Crippen LogP contribution in [-0.2, 0) is 4.74 Å². The summed E-state index contributed by atoms with van der Waals surface area (Å²) >= 11 is 0. The van der Waals surface area contributed by atoms with Crippen LogP contribution >= 0.6 is 0 Å². The molecule has 18 heavy (non-hydrogen) atoms. The van der Waals surface area contributed by atoms with E-state index in [1.807, 2.05) is 30.9 Å². The zero-order valence-corrected chi connectivity index (χ0v) is 10.3. The Balaban J connectivity index is 1.97. The first-order valence-corrected chi connectivity index (χ1v) is 6.06. The molecule has 0 radical (unpaired) electrons. The first-order valence-electron chi connectivity index (χ1n) is 6.06. The van der Waals surface area contributed by atoms with Crippen molar-refractivity contribution in [3.8, 4) is 11.3 Å². The van der Waals surface area contributed by atoms with E-state index in [0.717, 1.165) is 24.3 Å². The summed E-state index contributed by atoms with van der Waals surface area (Å²) in [7, 11) is 1.76. The van der Waals surface area contributed by atoms with Gasteiger partial charge in [-0.05, 0) is 12.1 Å². The standard InChI is InChI=1S/C13H16N4O/c1-18-13-8-15-7-12(13)17-9-16-6-11(17)10-3-2-4-14-5-10/h2-6,9,12-13,15H,7-8H2,1H3/t12?,13-/m0/s1. The van der Waals surface area contributed by atoms with E-state index >= 15 is 0 Å². The number of aromatic nitrogens is 3. The maximum Gasteiger partial charge on any atom is 0.0954 e. The van der Waals surface area contributed by atoms with E-state index in [1.165, 1.54) is 0 Å². The van der Waals surface area contributed by atoms with Gasteiger partial charge in [0, 0.05) is 38.2 Å². The highest BCUT2D eigenvalue weighted by molar-refractivity contribution is 5.57. The van der Waals surface area contributed by atoms with Crippen molar-refractivity contribution in [2.75, 3.05) is 20.2 Å². The Labute approximate surface area is 106 Å². The normalized spacial score (nSPS) is 23.4. The summed E-state index contributed by atoms with van der Waals surface area (Å²) in [5, 5.41) is 3.35. The fourth-order valence-corrected chi connectivity index (χ4v) is 2.47. The lowest BCUT2D eigenvalue weighted by atomic mass is 10.1. The molecule has 1 fully saturated rings. The van der Waals surface area contributed by atoms with E-state index in [9.17, 15) is 0 Å². The second-order valence-electron chi connectivity index (χ2n) is 4.43. The Hall–Kier alpha value is -1.72. The maximum atomic E-state index is 5.51. The first-order chi connectivity index (χ1) is 8.90. The molecule has 0 spiro atoms. The van der Waals surface area contributed by atoms with Gasteiger partial charge in [-0.2, -0.15) is 0 Å². The van der Waals surface area contributed by atoms with Crippen molar-refractivity contribution in [1.29, 1.82) is 0 Å². The highest BCUT2D eigenvalue weighted by Gasteiger charge is 2.29. The zero-order chi connectivity index (χ0) is 12.4. The molecule has 2 aromatic rings. The molecule has 1 unspecified atom stereocenters. The second-order valence-corrected chi connectivity index (χ2v) is 4.43. The maximum absolute atomic E-state index is 5.51. The van der Waals surface area contributed by atoms with Crippen LogP contribution in [0.4, 0.5) is 0 Å². The van der Waals surface area contributed by atoms with Crippen LogP contribution in [0.15, 0.2) is 37.1 Å². The number of hydrogen-bond acceptors (Lipinski definition) is 4. The van der Waals surface area contributed by atoms with Gasteiger partial charge in [0.15, 0.2) is 0 Å². The third kappa shape index (κ3) is 1.91. The van der Waals surface area contributed by atoms with Crippen LogP contribution in [0.1, 0.15) is 6.04 Å². The molecule has 5 nitrogen and oxygen atoms in total. The van der Waals surface area contributed by atoms with Crippen molar-refractivity contribution in [3.05, 3.63) is 37.1 Å². The predicted molar refractivity (Wildman–Crippen MR) is 68.2 cm³/mol. The van der Waals surface area contributed by atoms with Gasteiger partial charge in [0.05, 0.1) is 30.4 Å². The molecule has 2 aromatic heterocycles. The predicted octanol–water partition coefficient (Wildman–Crippen LogP) is 1.10. The van der Waals surface area contributed by atoms with Gasteiger partial charge in [-0.25, -0.2) is 4.98 Å². The molecule has 0 bridgehead atoms. The summed E-state index contributed by atoms with van der Waals surface area (Å²) in [4.78, 5) is 8.42. The molecule has 0 amide bonds. The number of nitrogens with one attached hydrogen (secondary N) is 1. The number of hydrogen-bond donors (Lipinski definition) is 1. The Bertz CT molecular complexity index is 511. The lowest BCUT2D eigenvalue weighted by Crippen LogP contribution is -2.24. The molecule has 1 saturated heterocycles. The molecule has 94 valence electrons. The SMILES string of the molecule is CO[C@H]1CNCC1n1cncc1-c1cccnc1. The Kier molecular flexibility index (Phi) is 3.08. The fraction of sp³-hybridized carbons (Fsp3) is 0.385. The fourth-order valence-electron chi connectivity index (χ4n) is 2.47. The van der Waals surface area contributed by atoms with Gasteiger partial charge in [0.2, 0.25) is 0 Å². The molecule has 0 aromatic carbocycles. The second kappa shape index (κ2) is 4.88. The molecule has 1 N–H and O–H groups in total. The van der Waals surface area contributed by atoms with Crippen molar-refractivity contribution in [2.24, 2.45) is 0 Å². The smallest absolute Gasteiger partial charge is 0.0954 e. The van der Waals surface area contributed by atoms with Gasteiger partial charge in [0.25, 0.3) is 0 Å². The molecular formula is C13H16N4O. The molecule has 5 heteroatoms. The van der Waals surface area contributed by atoms with Crippen LogP contribution in [0.5, 0.6) is 0 Å². The summed E-state index contributed by atoms with van der Waals surface area (Å²) in [6.45, 7) is 1.79. The van der Waals surface area contributed by atoms with Crippen LogP contribution in [-0.4, -0.2) is 40.8 Å². The number of ether oxygens (including phenoxy) is 1. The average Bonchev–Trinajstić information content (AvgIpc) is 3.07. The first kappa shape index (κ1) is 11.4. The summed E-state index contributed by atoms with van der Waals surface area (Å²) < 4.78 is 7.68. The van der Waals surface area contributed by atoms with Crippen molar-refractivity contribution < 1.29 is 4.74 Å². The number of pyridine rings is 1. The van der Waals surface area contributed by atoms with Crippen molar-refractivity contribution >= 4 is 0 Å². The molecule has 0 saturated carbocycles. The summed E-state index contributed by atoms with van der Waals surface area (Å²) in [5.41, 5.74) is 2.16. The summed E-state index contributed by atoms with van der Waals surface area (Å²) in [6.07, 6.45) is 7.57. The lowest BCUT2D eigenvalue weighted by molar-refractivity contribution is 0.0870.